The first kappa shape index (κ1) is 33.0. The zero-order chi connectivity index (χ0) is 30.6. The van der Waals surface area contributed by atoms with Gasteiger partial charge in [0, 0.05) is 67.2 Å². The SMILES string of the molecule is CCC1C(C(=O)OCCCSc2cccc(C#N)c2)=C(C)NC(C)=C1C(=O)OC(CN1CCOCC1)CN1CCOCC1. The number of ether oxygens (including phenoxy) is 4. The highest BCUT2D eigenvalue weighted by Gasteiger charge is 2.37. The summed E-state index contributed by atoms with van der Waals surface area (Å²) in [6.45, 7) is 13.1. The second-order valence-electron chi connectivity index (χ2n) is 11.0. The fourth-order valence-corrected chi connectivity index (χ4v) is 6.60. The van der Waals surface area contributed by atoms with E-state index in [1.54, 1.807) is 17.8 Å². The van der Waals surface area contributed by atoms with E-state index in [2.05, 4.69) is 21.2 Å². The third-order valence-electron chi connectivity index (χ3n) is 7.89. The van der Waals surface area contributed by atoms with Crippen molar-refractivity contribution in [3.05, 3.63) is 52.4 Å². The van der Waals surface area contributed by atoms with Crippen molar-refractivity contribution in [2.75, 3.05) is 78.1 Å². The predicted octanol–water partition coefficient (Wildman–Crippen LogP) is 3.34. The maximum Gasteiger partial charge on any atom is 0.336 e. The van der Waals surface area contributed by atoms with E-state index >= 15 is 0 Å². The van der Waals surface area contributed by atoms with Crippen LogP contribution in [0.3, 0.4) is 0 Å². The Bertz CT molecular complexity index is 1200. The van der Waals surface area contributed by atoms with Crippen molar-refractivity contribution in [2.24, 2.45) is 5.92 Å². The number of nitrogens with one attached hydrogen (secondary N) is 1. The number of benzene rings is 1. The molecule has 11 heteroatoms. The minimum Gasteiger partial charge on any atom is -0.462 e. The number of nitrogens with zero attached hydrogens (tertiary/aromatic N) is 3. The number of thioether (sulfide) groups is 1. The number of allylic oxidation sites excluding steroid dienone is 2. The highest BCUT2D eigenvalue weighted by molar-refractivity contribution is 7.99. The number of dihydropyridines is 1. The number of hydrogen-bond donors (Lipinski definition) is 1. The van der Waals surface area contributed by atoms with Crippen molar-refractivity contribution in [1.29, 1.82) is 5.26 Å². The Labute approximate surface area is 259 Å². The molecule has 0 amide bonds. The number of esters is 2. The summed E-state index contributed by atoms with van der Waals surface area (Å²) < 4.78 is 23.0. The standard InChI is InChI=1S/C32H44N4O6S/c1-4-28-29(31(37)41-13-6-18-43-27-8-5-7-25(19-27)20-33)23(2)34-24(3)30(28)32(38)42-26(21-35-9-14-39-15-10-35)22-36-11-16-40-17-12-36/h5,7-8,19,26,28,34H,4,6,9-18,21-22H2,1-3H3. The first-order chi connectivity index (χ1) is 20.9. The molecular weight excluding hydrogens is 568 g/mol. The summed E-state index contributed by atoms with van der Waals surface area (Å²) in [4.78, 5) is 32.7. The number of rotatable bonds is 13. The lowest BCUT2D eigenvalue weighted by molar-refractivity contribution is -0.148. The summed E-state index contributed by atoms with van der Waals surface area (Å²) in [6.07, 6.45) is 0.905. The van der Waals surface area contributed by atoms with E-state index in [0.717, 1.165) is 36.8 Å². The minimum atomic E-state index is -0.420. The van der Waals surface area contributed by atoms with Gasteiger partial charge in [0.2, 0.25) is 0 Å². The normalized spacial score (nSPS) is 20.1. The van der Waals surface area contributed by atoms with Crippen molar-refractivity contribution >= 4 is 23.7 Å². The Morgan fingerprint density at radius 1 is 1.02 bits per heavy atom. The van der Waals surface area contributed by atoms with Crippen LogP contribution >= 0.6 is 11.8 Å². The topological polar surface area (TPSA) is 113 Å². The molecule has 1 atom stereocenters. The van der Waals surface area contributed by atoms with Crippen LogP contribution in [0.5, 0.6) is 0 Å². The van der Waals surface area contributed by atoms with Crippen LogP contribution in [0.25, 0.3) is 0 Å². The third kappa shape index (κ3) is 9.55. The van der Waals surface area contributed by atoms with Gasteiger partial charge in [-0.3, -0.25) is 9.80 Å². The Morgan fingerprint density at radius 2 is 1.63 bits per heavy atom. The molecule has 0 bridgehead atoms. The fourth-order valence-electron chi connectivity index (χ4n) is 5.72. The molecule has 1 aromatic rings. The van der Waals surface area contributed by atoms with Crippen LogP contribution in [0, 0.1) is 17.2 Å². The molecule has 3 heterocycles. The lowest BCUT2D eigenvalue weighted by atomic mass is 9.83. The van der Waals surface area contributed by atoms with Crippen LogP contribution in [0.2, 0.25) is 0 Å². The Morgan fingerprint density at radius 3 is 2.21 bits per heavy atom. The molecule has 2 saturated heterocycles. The van der Waals surface area contributed by atoms with Gasteiger partial charge < -0.3 is 24.3 Å². The maximum absolute atomic E-state index is 13.8. The van der Waals surface area contributed by atoms with E-state index in [4.69, 9.17) is 24.2 Å². The largest absolute Gasteiger partial charge is 0.462 e. The van der Waals surface area contributed by atoms with E-state index in [0.29, 0.717) is 80.5 Å². The smallest absolute Gasteiger partial charge is 0.336 e. The molecule has 0 aliphatic carbocycles. The highest BCUT2D eigenvalue weighted by Crippen LogP contribution is 2.34. The van der Waals surface area contributed by atoms with Crippen LogP contribution < -0.4 is 5.32 Å². The summed E-state index contributed by atoms with van der Waals surface area (Å²) in [7, 11) is 0. The Kier molecular flexibility index (Phi) is 12.9. The van der Waals surface area contributed by atoms with Crippen LogP contribution in [-0.4, -0.2) is 106 Å². The average Bonchev–Trinajstić information content (AvgIpc) is 3.01. The van der Waals surface area contributed by atoms with Crippen LogP contribution in [0.4, 0.5) is 0 Å². The average molecular weight is 613 g/mol. The second kappa shape index (κ2) is 16.8. The van der Waals surface area contributed by atoms with Gasteiger partial charge in [-0.15, -0.1) is 11.8 Å². The lowest BCUT2D eigenvalue weighted by Crippen LogP contribution is -2.49. The van der Waals surface area contributed by atoms with Crippen molar-refractivity contribution in [3.63, 3.8) is 0 Å². The van der Waals surface area contributed by atoms with Gasteiger partial charge in [0.1, 0.15) is 6.10 Å². The molecule has 0 radical (unpaired) electrons. The van der Waals surface area contributed by atoms with Gasteiger partial charge in [0.05, 0.1) is 55.8 Å². The van der Waals surface area contributed by atoms with Crippen LogP contribution in [0.15, 0.2) is 51.7 Å². The summed E-state index contributed by atoms with van der Waals surface area (Å²) in [6, 6.07) is 9.61. The van der Waals surface area contributed by atoms with Gasteiger partial charge in [0.15, 0.2) is 0 Å². The van der Waals surface area contributed by atoms with E-state index < -0.39 is 17.9 Å². The number of carbonyl (C=O) groups excluding carboxylic acids is 2. The minimum absolute atomic E-state index is 0.265. The first-order valence-electron chi connectivity index (χ1n) is 15.2. The van der Waals surface area contributed by atoms with Crippen molar-refractivity contribution in [2.45, 2.75) is 44.6 Å². The Balaban J connectivity index is 1.37. The van der Waals surface area contributed by atoms with Crippen LogP contribution in [0.1, 0.15) is 39.2 Å². The molecule has 234 valence electrons. The quantitative estimate of drug-likeness (QED) is 0.201. The molecule has 2 fully saturated rings. The third-order valence-corrected chi connectivity index (χ3v) is 8.97. The monoisotopic (exact) mass is 612 g/mol. The molecule has 1 N–H and O–H groups in total. The molecule has 10 nitrogen and oxygen atoms in total. The van der Waals surface area contributed by atoms with Gasteiger partial charge in [-0.1, -0.05) is 13.0 Å². The van der Waals surface area contributed by atoms with Crippen LogP contribution in [-0.2, 0) is 28.5 Å². The number of morpholine rings is 2. The summed E-state index contributed by atoms with van der Waals surface area (Å²) in [5.41, 5.74) is 3.00. The van der Waals surface area contributed by atoms with E-state index in [1.807, 2.05) is 39.0 Å². The second-order valence-corrected chi connectivity index (χ2v) is 12.2. The molecule has 4 rings (SSSR count). The molecule has 43 heavy (non-hydrogen) atoms. The molecule has 0 spiro atoms. The number of carbonyl (C=O) groups is 2. The van der Waals surface area contributed by atoms with Gasteiger partial charge in [-0.2, -0.15) is 5.26 Å². The van der Waals surface area contributed by atoms with Gasteiger partial charge in [0.25, 0.3) is 0 Å². The molecular formula is C32H44N4O6S. The predicted molar refractivity (Wildman–Crippen MR) is 164 cm³/mol. The van der Waals surface area contributed by atoms with E-state index in [-0.39, 0.29) is 12.7 Å². The number of hydrogen-bond acceptors (Lipinski definition) is 11. The zero-order valence-electron chi connectivity index (χ0n) is 25.6. The highest BCUT2D eigenvalue weighted by atomic mass is 32.2. The maximum atomic E-state index is 13.8. The summed E-state index contributed by atoms with van der Waals surface area (Å²) in [5.74, 6) is -0.474. The van der Waals surface area contributed by atoms with Crippen molar-refractivity contribution < 1.29 is 28.5 Å². The molecule has 1 unspecified atom stereocenters. The van der Waals surface area contributed by atoms with Crippen molar-refractivity contribution in [1.82, 2.24) is 15.1 Å². The zero-order valence-corrected chi connectivity index (χ0v) is 26.4. The molecule has 1 aromatic carbocycles. The van der Waals surface area contributed by atoms with E-state index in [1.165, 1.54) is 0 Å². The molecule has 0 saturated carbocycles. The fraction of sp³-hybridized carbons (Fsp3) is 0.594. The molecule has 3 aliphatic heterocycles. The first-order valence-corrected chi connectivity index (χ1v) is 16.2. The van der Waals surface area contributed by atoms with Gasteiger partial charge >= 0.3 is 11.9 Å². The van der Waals surface area contributed by atoms with Crippen molar-refractivity contribution in [3.8, 4) is 6.07 Å². The molecule has 0 aromatic heterocycles. The number of nitriles is 1. The van der Waals surface area contributed by atoms with Gasteiger partial charge in [-0.05, 0) is 44.9 Å². The lowest BCUT2D eigenvalue weighted by Gasteiger charge is -2.35. The Hall–Kier alpha value is -2.88. The van der Waals surface area contributed by atoms with E-state index in [9.17, 15) is 9.59 Å². The van der Waals surface area contributed by atoms with Gasteiger partial charge in [-0.25, -0.2) is 9.59 Å². The molecule has 3 aliphatic rings. The summed E-state index contributed by atoms with van der Waals surface area (Å²) >= 11 is 1.62. The summed E-state index contributed by atoms with van der Waals surface area (Å²) in [5, 5.41) is 12.3.